The number of nitrogens with zero attached hydrogens (tertiary/aromatic N) is 1. The van der Waals surface area contributed by atoms with Crippen LogP contribution >= 0.6 is 27.5 Å². The minimum absolute atomic E-state index is 0.179. The van der Waals surface area contributed by atoms with E-state index in [9.17, 15) is 9.18 Å². The molecular formula is C10H10BrClFNO. The Balaban J connectivity index is 3.11. The van der Waals surface area contributed by atoms with Crippen LogP contribution in [0.5, 0.6) is 0 Å². The second-order valence-electron chi connectivity index (χ2n) is 3.23. The lowest BCUT2D eigenvalue weighted by Crippen LogP contribution is -2.26. The second-order valence-corrected chi connectivity index (χ2v) is 4.52. The van der Waals surface area contributed by atoms with Gasteiger partial charge >= 0.3 is 0 Å². The summed E-state index contributed by atoms with van der Waals surface area (Å²) in [5.41, 5.74) is 0.179. The van der Waals surface area contributed by atoms with Gasteiger partial charge in [-0.2, -0.15) is 0 Å². The van der Waals surface area contributed by atoms with Crippen molar-refractivity contribution in [1.82, 2.24) is 4.90 Å². The summed E-state index contributed by atoms with van der Waals surface area (Å²) in [5, 5.41) is -1.00. The van der Waals surface area contributed by atoms with Crippen molar-refractivity contribution in [1.29, 1.82) is 0 Å². The highest BCUT2D eigenvalue weighted by Crippen LogP contribution is 2.31. The summed E-state index contributed by atoms with van der Waals surface area (Å²) in [4.78, 5) is 12.9. The maximum Gasteiger partial charge on any atom is 0.244 e. The first-order valence-corrected chi connectivity index (χ1v) is 5.47. The van der Waals surface area contributed by atoms with Crippen LogP contribution < -0.4 is 0 Å². The van der Waals surface area contributed by atoms with Crippen molar-refractivity contribution in [2.75, 3.05) is 14.1 Å². The smallest absolute Gasteiger partial charge is 0.244 e. The fourth-order valence-corrected chi connectivity index (χ4v) is 2.22. The van der Waals surface area contributed by atoms with Crippen LogP contribution in [-0.4, -0.2) is 24.9 Å². The van der Waals surface area contributed by atoms with Crippen molar-refractivity contribution in [3.8, 4) is 0 Å². The molecule has 0 saturated carbocycles. The molecule has 1 rings (SSSR count). The lowest BCUT2D eigenvalue weighted by Gasteiger charge is -2.16. The van der Waals surface area contributed by atoms with Gasteiger partial charge in [-0.3, -0.25) is 4.79 Å². The Morgan fingerprint density at radius 1 is 1.53 bits per heavy atom. The molecule has 0 aromatic heterocycles. The highest BCUT2D eigenvalue weighted by atomic mass is 79.9. The highest BCUT2D eigenvalue weighted by molar-refractivity contribution is 9.10. The molecule has 1 atom stereocenters. The van der Waals surface area contributed by atoms with Crippen LogP contribution in [0.4, 0.5) is 4.39 Å². The van der Waals surface area contributed by atoms with E-state index in [1.165, 1.54) is 11.0 Å². The van der Waals surface area contributed by atoms with Gasteiger partial charge in [-0.15, -0.1) is 11.6 Å². The van der Waals surface area contributed by atoms with E-state index in [1.54, 1.807) is 26.2 Å². The Labute approximate surface area is 101 Å². The molecule has 5 heteroatoms. The predicted octanol–water partition coefficient (Wildman–Crippen LogP) is 2.96. The summed E-state index contributed by atoms with van der Waals surface area (Å²) >= 11 is 9.07. The van der Waals surface area contributed by atoms with Gasteiger partial charge in [0.1, 0.15) is 11.2 Å². The first-order chi connectivity index (χ1) is 6.95. The van der Waals surface area contributed by atoms with Crippen molar-refractivity contribution in [2.24, 2.45) is 0 Å². The monoisotopic (exact) mass is 293 g/mol. The van der Waals surface area contributed by atoms with Crippen LogP contribution in [0.1, 0.15) is 10.9 Å². The number of rotatable bonds is 2. The molecule has 1 amide bonds. The van der Waals surface area contributed by atoms with Crippen LogP contribution in [0.25, 0.3) is 0 Å². The van der Waals surface area contributed by atoms with Crippen LogP contribution in [0.3, 0.4) is 0 Å². The Hall–Kier alpha value is -0.610. The number of alkyl halides is 1. The first-order valence-electron chi connectivity index (χ1n) is 4.24. The van der Waals surface area contributed by atoms with Gasteiger partial charge in [0.05, 0.1) is 0 Å². The first kappa shape index (κ1) is 12.5. The average Bonchev–Trinajstić information content (AvgIpc) is 2.15. The van der Waals surface area contributed by atoms with Gasteiger partial charge in [-0.25, -0.2) is 4.39 Å². The molecule has 15 heavy (non-hydrogen) atoms. The third-order valence-corrected chi connectivity index (χ3v) is 3.01. The quantitative estimate of drug-likeness (QED) is 0.768. The largest absolute Gasteiger partial charge is 0.347 e. The summed E-state index contributed by atoms with van der Waals surface area (Å²) in [6.45, 7) is 0. The van der Waals surface area contributed by atoms with Gasteiger partial charge in [-0.05, 0) is 12.1 Å². The molecule has 0 bridgehead atoms. The minimum atomic E-state index is -1.00. The van der Waals surface area contributed by atoms with Gasteiger partial charge < -0.3 is 4.90 Å². The van der Waals surface area contributed by atoms with Crippen LogP contribution in [0.2, 0.25) is 0 Å². The molecule has 82 valence electrons. The zero-order chi connectivity index (χ0) is 11.6. The van der Waals surface area contributed by atoms with Crippen LogP contribution in [-0.2, 0) is 4.79 Å². The number of likely N-dealkylation sites (N-methyl/N-ethyl adjacent to an activating group) is 1. The maximum atomic E-state index is 13.4. The van der Waals surface area contributed by atoms with E-state index in [1.807, 2.05) is 0 Å². The SMILES string of the molecule is CN(C)C(=O)C(Cl)c1c(F)cccc1Br. The molecule has 0 heterocycles. The Bertz CT molecular complexity index is 363. The minimum Gasteiger partial charge on any atom is -0.347 e. The number of hydrogen-bond acceptors (Lipinski definition) is 1. The lowest BCUT2D eigenvalue weighted by molar-refractivity contribution is -0.128. The number of hydrogen-bond donors (Lipinski definition) is 0. The third kappa shape index (κ3) is 2.69. The number of amides is 1. The van der Waals surface area contributed by atoms with E-state index in [2.05, 4.69) is 15.9 Å². The van der Waals surface area contributed by atoms with E-state index >= 15 is 0 Å². The van der Waals surface area contributed by atoms with Crippen molar-refractivity contribution in [2.45, 2.75) is 5.38 Å². The molecule has 0 fully saturated rings. The van der Waals surface area contributed by atoms with Crippen molar-refractivity contribution in [3.63, 3.8) is 0 Å². The molecule has 0 N–H and O–H groups in total. The summed E-state index contributed by atoms with van der Waals surface area (Å²) in [7, 11) is 3.15. The van der Waals surface area contributed by atoms with Gasteiger partial charge in [0.2, 0.25) is 5.91 Å². The highest BCUT2D eigenvalue weighted by Gasteiger charge is 2.24. The average molecular weight is 295 g/mol. The standard InChI is InChI=1S/C10H10BrClFNO/c1-14(2)10(15)9(12)8-6(11)4-3-5-7(8)13/h3-5,9H,1-2H3. The van der Waals surface area contributed by atoms with E-state index in [-0.39, 0.29) is 11.5 Å². The number of benzene rings is 1. The number of carbonyl (C=O) groups excluding carboxylic acids is 1. The zero-order valence-corrected chi connectivity index (χ0v) is 10.6. The fourth-order valence-electron chi connectivity index (χ4n) is 1.10. The summed E-state index contributed by atoms with van der Waals surface area (Å²) < 4.78 is 13.9. The zero-order valence-electron chi connectivity index (χ0n) is 8.30. The topological polar surface area (TPSA) is 20.3 Å². The Morgan fingerprint density at radius 3 is 2.60 bits per heavy atom. The molecule has 0 saturated heterocycles. The molecule has 0 aliphatic heterocycles. The van der Waals surface area contributed by atoms with E-state index < -0.39 is 11.2 Å². The summed E-state index contributed by atoms with van der Waals surface area (Å²) in [6, 6.07) is 4.47. The van der Waals surface area contributed by atoms with Gasteiger partial charge in [0, 0.05) is 24.1 Å². The lowest BCUT2D eigenvalue weighted by atomic mass is 10.1. The van der Waals surface area contributed by atoms with Crippen molar-refractivity contribution >= 4 is 33.4 Å². The fraction of sp³-hybridized carbons (Fsp3) is 0.300. The van der Waals surface area contributed by atoms with Crippen molar-refractivity contribution in [3.05, 3.63) is 34.1 Å². The third-order valence-electron chi connectivity index (χ3n) is 1.91. The van der Waals surface area contributed by atoms with Gasteiger partial charge in [0.25, 0.3) is 0 Å². The summed E-state index contributed by atoms with van der Waals surface area (Å²) in [5.74, 6) is -0.831. The molecular weight excluding hydrogens is 284 g/mol. The molecule has 0 aliphatic rings. The van der Waals surface area contributed by atoms with E-state index in [0.29, 0.717) is 4.47 Å². The number of halogens is 3. The van der Waals surface area contributed by atoms with Gasteiger partial charge in [-0.1, -0.05) is 22.0 Å². The molecule has 0 radical (unpaired) electrons. The molecule has 1 aromatic carbocycles. The van der Waals surface area contributed by atoms with Gasteiger partial charge in [0.15, 0.2) is 0 Å². The second kappa shape index (κ2) is 4.94. The number of carbonyl (C=O) groups is 1. The summed E-state index contributed by atoms with van der Waals surface area (Å²) in [6.07, 6.45) is 0. The molecule has 2 nitrogen and oxygen atoms in total. The van der Waals surface area contributed by atoms with E-state index in [0.717, 1.165) is 0 Å². The molecule has 0 spiro atoms. The van der Waals surface area contributed by atoms with Crippen molar-refractivity contribution < 1.29 is 9.18 Å². The molecule has 1 unspecified atom stereocenters. The molecule has 0 aliphatic carbocycles. The van der Waals surface area contributed by atoms with E-state index in [4.69, 9.17) is 11.6 Å². The maximum absolute atomic E-state index is 13.4. The van der Waals surface area contributed by atoms with Crippen LogP contribution in [0, 0.1) is 5.82 Å². The predicted molar refractivity (Wildman–Crippen MR) is 61.4 cm³/mol. The van der Waals surface area contributed by atoms with Crippen LogP contribution in [0.15, 0.2) is 22.7 Å². The Kier molecular flexibility index (Phi) is 4.11. The molecule has 1 aromatic rings. The Morgan fingerprint density at radius 2 is 2.13 bits per heavy atom. The normalized spacial score (nSPS) is 12.3.